The Labute approximate surface area is 211 Å². The fourth-order valence-corrected chi connectivity index (χ4v) is 4.89. The van der Waals surface area contributed by atoms with Gasteiger partial charge in [0.1, 0.15) is 17.3 Å². The molecule has 10 heteroatoms. The van der Waals surface area contributed by atoms with Gasteiger partial charge in [0.25, 0.3) is 6.43 Å². The first-order valence-electron chi connectivity index (χ1n) is 11.4. The minimum absolute atomic E-state index is 0.0632. The first-order valence-corrected chi connectivity index (χ1v) is 13.1. The van der Waals surface area contributed by atoms with Crippen molar-refractivity contribution in [1.29, 1.82) is 0 Å². The molecule has 1 fully saturated rings. The molecule has 2 aromatic carbocycles. The van der Waals surface area contributed by atoms with Crippen LogP contribution in [0.3, 0.4) is 0 Å². The number of carbonyl (C=O) groups excluding carboxylic acids is 1. The van der Waals surface area contributed by atoms with Crippen LogP contribution in [0.15, 0.2) is 71.1 Å². The van der Waals surface area contributed by atoms with Crippen molar-refractivity contribution in [2.45, 2.75) is 26.3 Å². The number of anilines is 1. The first-order chi connectivity index (χ1) is 17.2. The third kappa shape index (κ3) is 7.30. The summed E-state index contributed by atoms with van der Waals surface area (Å²) in [6, 6.07) is 14.5. The predicted octanol–water partition coefficient (Wildman–Crippen LogP) is 4.63. The standard InChI is InChI=1S/C24H25F3N4S.C2H5NO/c1-17(30-10-12-32(2)13-11-30)31(20-6-4-3-5-7-20)16-19-9-8-18(14-21(19)25)22-15-23(24(26)27)29-28-22;1-2(3)4/h3-9,14,24H,1-2,10-13,15-16H2;1H3,(H2,3,4). The van der Waals surface area contributed by atoms with Crippen LogP contribution >= 0.6 is 10.5 Å². The zero-order valence-electron chi connectivity index (χ0n) is 20.2. The summed E-state index contributed by atoms with van der Waals surface area (Å²) in [5.41, 5.74) is 6.42. The third-order valence-corrected chi connectivity index (χ3v) is 7.18. The summed E-state index contributed by atoms with van der Waals surface area (Å²) in [6.07, 6.45) is -2.72. The molecule has 1 amide bonds. The second-order valence-electron chi connectivity index (χ2n) is 8.38. The highest BCUT2D eigenvalue weighted by Crippen LogP contribution is 2.27. The second-order valence-corrected chi connectivity index (χ2v) is 10.4. The van der Waals surface area contributed by atoms with E-state index in [0.717, 1.165) is 36.1 Å². The number of amides is 1. The van der Waals surface area contributed by atoms with Crippen molar-refractivity contribution in [3.63, 3.8) is 0 Å². The van der Waals surface area contributed by atoms with E-state index in [1.54, 1.807) is 12.1 Å². The summed E-state index contributed by atoms with van der Waals surface area (Å²) >= 11 is 0. The molecule has 0 unspecified atom stereocenters. The van der Waals surface area contributed by atoms with Crippen molar-refractivity contribution in [2.24, 2.45) is 15.9 Å². The highest BCUT2D eigenvalue weighted by molar-refractivity contribution is 8.14. The van der Waals surface area contributed by atoms with Gasteiger partial charge in [-0.3, -0.25) is 4.79 Å². The molecular weight excluding hydrogens is 487 g/mol. The number of nitrogens with zero attached hydrogens (tertiary/aromatic N) is 4. The Balaban J connectivity index is 0.000000840. The molecule has 1 saturated heterocycles. The van der Waals surface area contributed by atoms with Crippen molar-refractivity contribution in [1.82, 2.24) is 4.90 Å². The maximum Gasteiger partial charge on any atom is 0.278 e. The van der Waals surface area contributed by atoms with Crippen molar-refractivity contribution < 1.29 is 18.0 Å². The molecule has 0 saturated carbocycles. The second kappa shape index (κ2) is 12.5. The molecular formula is C26H30F3N5OS. The minimum atomic E-state index is -2.65. The van der Waals surface area contributed by atoms with E-state index in [4.69, 9.17) is 0 Å². The molecule has 2 N–H and O–H groups in total. The average molecular weight is 518 g/mol. The average Bonchev–Trinajstić information content (AvgIpc) is 3.34. The Morgan fingerprint density at radius 2 is 1.81 bits per heavy atom. The van der Waals surface area contributed by atoms with Gasteiger partial charge in [0.15, 0.2) is 0 Å². The van der Waals surface area contributed by atoms with Crippen molar-refractivity contribution >= 4 is 39.4 Å². The SMILES string of the molecule is C=C(N1CCS(=C)CC1)N(Cc1ccc(C2=NN=C(C(F)F)C2)cc1F)c1ccccc1.CC(N)=O. The largest absolute Gasteiger partial charge is 0.370 e. The van der Waals surface area contributed by atoms with Gasteiger partial charge in [-0.25, -0.2) is 13.2 Å². The number of halogens is 3. The van der Waals surface area contributed by atoms with Crippen LogP contribution in [0.2, 0.25) is 0 Å². The third-order valence-electron chi connectivity index (χ3n) is 5.66. The number of alkyl halides is 2. The van der Waals surface area contributed by atoms with Gasteiger partial charge in [-0.15, -0.1) is 0 Å². The topological polar surface area (TPSA) is 74.3 Å². The van der Waals surface area contributed by atoms with Crippen molar-refractivity contribution in [2.75, 3.05) is 29.5 Å². The van der Waals surface area contributed by atoms with E-state index in [9.17, 15) is 13.6 Å². The molecule has 2 aliphatic rings. The van der Waals surface area contributed by atoms with Crippen LogP contribution in [0.25, 0.3) is 0 Å². The molecule has 6 nitrogen and oxygen atoms in total. The van der Waals surface area contributed by atoms with Gasteiger partial charge in [0.05, 0.1) is 12.3 Å². The summed E-state index contributed by atoms with van der Waals surface area (Å²) in [5.74, 6) is 6.30. The fraction of sp³-hybridized carbons (Fsp3) is 0.308. The highest BCUT2D eigenvalue weighted by atomic mass is 32.2. The lowest BCUT2D eigenvalue weighted by atomic mass is 10.0. The molecule has 0 atom stereocenters. The monoisotopic (exact) mass is 517 g/mol. The van der Waals surface area contributed by atoms with Gasteiger partial charge >= 0.3 is 0 Å². The molecule has 2 aromatic rings. The summed E-state index contributed by atoms with van der Waals surface area (Å²) in [6.45, 7) is 7.68. The van der Waals surface area contributed by atoms with Crippen molar-refractivity contribution in [3.05, 3.63) is 77.9 Å². The summed E-state index contributed by atoms with van der Waals surface area (Å²) in [7, 11) is 0.185. The maximum absolute atomic E-state index is 15.1. The van der Waals surface area contributed by atoms with Crippen LogP contribution in [0, 0.1) is 5.82 Å². The van der Waals surface area contributed by atoms with Gasteiger partial charge in [-0.1, -0.05) is 42.8 Å². The quantitative estimate of drug-likeness (QED) is 0.545. The number of rotatable bonds is 7. The summed E-state index contributed by atoms with van der Waals surface area (Å²) in [4.78, 5) is 13.5. The minimum Gasteiger partial charge on any atom is -0.370 e. The number of nitrogens with two attached hydrogens (primary N) is 1. The van der Waals surface area contributed by atoms with Crippen LogP contribution < -0.4 is 10.6 Å². The number of primary amides is 1. The number of hydrogen-bond donors (Lipinski definition) is 1. The Hall–Kier alpha value is -3.40. The Kier molecular flexibility index (Phi) is 9.46. The highest BCUT2D eigenvalue weighted by Gasteiger charge is 2.24. The van der Waals surface area contributed by atoms with E-state index in [2.05, 4.69) is 33.3 Å². The molecule has 2 aliphatic heterocycles. The molecule has 0 bridgehead atoms. The van der Waals surface area contributed by atoms with Crippen LogP contribution in [0.4, 0.5) is 18.9 Å². The van der Waals surface area contributed by atoms with Gasteiger partial charge < -0.3 is 15.5 Å². The lowest BCUT2D eigenvalue weighted by Gasteiger charge is -2.38. The number of para-hydroxylation sites is 1. The molecule has 192 valence electrons. The Morgan fingerprint density at radius 3 is 2.36 bits per heavy atom. The number of carbonyl (C=O) groups is 1. The van der Waals surface area contributed by atoms with Gasteiger partial charge in [-0.2, -0.15) is 20.7 Å². The number of benzene rings is 2. The van der Waals surface area contributed by atoms with E-state index in [0.29, 0.717) is 23.4 Å². The van der Waals surface area contributed by atoms with E-state index >= 15 is 4.39 Å². The van der Waals surface area contributed by atoms with Crippen LogP contribution in [0.1, 0.15) is 24.5 Å². The zero-order chi connectivity index (χ0) is 26.2. The zero-order valence-corrected chi connectivity index (χ0v) is 21.0. The molecule has 0 aromatic heterocycles. The molecule has 0 aliphatic carbocycles. The maximum atomic E-state index is 15.1. The van der Waals surface area contributed by atoms with Crippen molar-refractivity contribution in [3.8, 4) is 0 Å². The van der Waals surface area contributed by atoms with Crippen LogP contribution in [-0.4, -0.2) is 59.1 Å². The lowest BCUT2D eigenvalue weighted by molar-refractivity contribution is -0.115. The lowest BCUT2D eigenvalue weighted by Crippen LogP contribution is -2.40. The van der Waals surface area contributed by atoms with Crippen LogP contribution in [-0.2, 0) is 11.3 Å². The Bertz CT molecular complexity index is 1170. The Morgan fingerprint density at radius 1 is 1.17 bits per heavy atom. The van der Waals surface area contributed by atoms with Crippen LogP contribution in [0.5, 0.6) is 0 Å². The first kappa shape index (κ1) is 27.2. The molecule has 0 radical (unpaired) electrons. The fourth-order valence-electron chi connectivity index (χ4n) is 3.73. The molecule has 2 heterocycles. The van der Waals surface area contributed by atoms with E-state index < -0.39 is 12.2 Å². The van der Waals surface area contributed by atoms with Gasteiger partial charge in [-0.05, 0) is 18.2 Å². The predicted molar refractivity (Wildman–Crippen MR) is 144 cm³/mol. The van der Waals surface area contributed by atoms with E-state index in [1.807, 2.05) is 35.2 Å². The van der Waals surface area contributed by atoms with Gasteiger partial charge in [0.2, 0.25) is 5.91 Å². The summed E-state index contributed by atoms with van der Waals surface area (Å²) in [5, 5.41) is 7.32. The normalized spacial score (nSPS) is 15.6. The van der Waals surface area contributed by atoms with E-state index in [1.165, 1.54) is 13.0 Å². The molecule has 4 rings (SSSR count). The smallest absolute Gasteiger partial charge is 0.278 e. The molecule has 36 heavy (non-hydrogen) atoms. The number of hydrogen-bond acceptors (Lipinski definition) is 5. The van der Waals surface area contributed by atoms with Gasteiger partial charge in [0, 0.05) is 54.8 Å². The molecule has 0 spiro atoms. The summed E-state index contributed by atoms with van der Waals surface area (Å²) < 4.78 is 40.7. The van der Waals surface area contributed by atoms with E-state index in [-0.39, 0.29) is 28.5 Å².